The maximum atomic E-state index is 11.5. The summed E-state index contributed by atoms with van der Waals surface area (Å²) in [6.45, 7) is 1.94. The van der Waals surface area contributed by atoms with E-state index < -0.39 is 18.0 Å². The van der Waals surface area contributed by atoms with Crippen LogP contribution >= 0.6 is 0 Å². The lowest BCUT2D eigenvalue weighted by Crippen LogP contribution is -2.46. The lowest BCUT2D eigenvalue weighted by Gasteiger charge is -2.21. The summed E-state index contributed by atoms with van der Waals surface area (Å²) in [7, 11) is 0. The number of carboxylic acids is 1. The average molecular weight is 272 g/mol. The zero-order valence-electron chi connectivity index (χ0n) is 11.4. The second kappa shape index (κ2) is 7.33. The first kappa shape index (κ1) is 15.8. The molecule has 1 saturated carbocycles. The Bertz CT molecular complexity index is 312. The molecule has 6 heteroatoms. The fourth-order valence-corrected chi connectivity index (χ4v) is 2.41. The summed E-state index contributed by atoms with van der Waals surface area (Å²) >= 11 is 0. The minimum absolute atomic E-state index is 0.0748. The highest BCUT2D eigenvalue weighted by atomic mass is 16.4. The van der Waals surface area contributed by atoms with Gasteiger partial charge in [0.05, 0.1) is 12.0 Å². The van der Waals surface area contributed by atoms with Crippen molar-refractivity contribution in [2.24, 2.45) is 5.92 Å². The number of nitrogens with one attached hydrogen (secondary N) is 2. The molecule has 1 atom stereocenters. The van der Waals surface area contributed by atoms with Gasteiger partial charge in [-0.05, 0) is 19.3 Å². The first-order valence-corrected chi connectivity index (χ1v) is 6.85. The van der Waals surface area contributed by atoms with Crippen LogP contribution in [0.5, 0.6) is 0 Å². The molecule has 19 heavy (non-hydrogen) atoms. The van der Waals surface area contributed by atoms with E-state index in [1.54, 1.807) is 0 Å². The lowest BCUT2D eigenvalue weighted by atomic mass is 10.0. The molecule has 0 heterocycles. The van der Waals surface area contributed by atoms with Crippen LogP contribution in [0.25, 0.3) is 0 Å². The summed E-state index contributed by atoms with van der Waals surface area (Å²) in [5, 5.41) is 23.5. The van der Waals surface area contributed by atoms with Crippen molar-refractivity contribution in [3.63, 3.8) is 0 Å². The minimum Gasteiger partial charge on any atom is -0.481 e. The zero-order chi connectivity index (χ0) is 14.3. The third-order valence-corrected chi connectivity index (χ3v) is 3.47. The number of rotatable bonds is 7. The number of urea groups is 1. The van der Waals surface area contributed by atoms with Gasteiger partial charge in [-0.25, -0.2) is 4.79 Å². The molecular formula is C13H24N2O4. The van der Waals surface area contributed by atoms with Crippen LogP contribution in [0.3, 0.4) is 0 Å². The van der Waals surface area contributed by atoms with Crippen molar-refractivity contribution < 1.29 is 19.8 Å². The summed E-state index contributed by atoms with van der Waals surface area (Å²) in [6, 6.07) is -0.358. The van der Waals surface area contributed by atoms with Gasteiger partial charge < -0.3 is 20.8 Å². The topological polar surface area (TPSA) is 98.7 Å². The highest BCUT2D eigenvalue weighted by molar-refractivity contribution is 5.74. The van der Waals surface area contributed by atoms with Crippen molar-refractivity contribution in [1.82, 2.24) is 10.6 Å². The van der Waals surface area contributed by atoms with Gasteiger partial charge >= 0.3 is 12.0 Å². The molecule has 4 N–H and O–H groups in total. The number of carbonyl (C=O) groups excluding carboxylic acids is 1. The molecule has 110 valence electrons. The van der Waals surface area contributed by atoms with Crippen LogP contribution in [-0.4, -0.2) is 40.9 Å². The van der Waals surface area contributed by atoms with Crippen molar-refractivity contribution >= 4 is 12.0 Å². The Hall–Kier alpha value is -1.30. The predicted octanol–water partition coefficient (Wildman–Crippen LogP) is 1.09. The van der Waals surface area contributed by atoms with Gasteiger partial charge in [-0.3, -0.25) is 4.79 Å². The number of hydrogen-bond acceptors (Lipinski definition) is 3. The van der Waals surface area contributed by atoms with E-state index in [1.165, 1.54) is 32.6 Å². The molecule has 1 fully saturated rings. The maximum Gasteiger partial charge on any atom is 0.314 e. The largest absolute Gasteiger partial charge is 0.481 e. The van der Waals surface area contributed by atoms with Crippen LogP contribution in [0.15, 0.2) is 0 Å². The zero-order valence-corrected chi connectivity index (χ0v) is 11.4. The second-order valence-corrected chi connectivity index (χ2v) is 5.62. The van der Waals surface area contributed by atoms with E-state index >= 15 is 0 Å². The van der Waals surface area contributed by atoms with E-state index in [9.17, 15) is 14.7 Å². The molecule has 1 unspecified atom stereocenters. The Morgan fingerprint density at radius 2 is 1.89 bits per heavy atom. The van der Waals surface area contributed by atoms with Gasteiger partial charge in [-0.2, -0.15) is 0 Å². The van der Waals surface area contributed by atoms with E-state index in [0.29, 0.717) is 6.54 Å². The van der Waals surface area contributed by atoms with Gasteiger partial charge in [-0.15, -0.1) is 0 Å². The highest BCUT2D eigenvalue weighted by Crippen LogP contribution is 2.26. The molecule has 0 aromatic heterocycles. The summed E-state index contributed by atoms with van der Waals surface area (Å²) in [5.74, 6) is -0.371. The van der Waals surface area contributed by atoms with Crippen molar-refractivity contribution in [2.75, 3.05) is 13.1 Å². The van der Waals surface area contributed by atoms with E-state index in [1.807, 2.05) is 0 Å². The molecule has 0 aromatic carbocycles. The van der Waals surface area contributed by atoms with Gasteiger partial charge in [0, 0.05) is 13.1 Å². The molecule has 1 rings (SSSR count). The molecule has 0 bridgehead atoms. The number of amides is 2. The van der Waals surface area contributed by atoms with Crippen LogP contribution in [0.4, 0.5) is 4.79 Å². The standard InChI is InChI=1S/C13H24N2O4/c1-13(19,8-11(16)17)9-15-12(18)14-7-6-10-4-2-3-5-10/h10,19H,2-9H2,1H3,(H,16,17)(H2,14,15,18). The molecule has 1 aliphatic rings. The third kappa shape index (κ3) is 7.00. The molecule has 0 saturated heterocycles. The van der Waals surface area contributed by atoms with Crippen LogP contribution in [-0.2, 0) is 4.79 Å². The smallest absolute Gasteiger partial charge is 0.314 e. The van der Waals surface area contributed by atoms with Gasteiger partial charge in [0.1, 0.15) is 0 Å². The number of hydrogen-bond donors (Lipinski definition) is 4. The molecule has 0 aliphatic heterocycles. The first-order chi connectivity index (χ1) is 8.89. The average Bonchev–Trinajstić information content (AvgIpc) is 2.78. The molecule has 0 spiro atoms. The Morgan fingerprint density at radius 1 is 1.26 bits per heavy atom. The van der Waals surface area contributed by atoms with Crippen molar-refractivity contribution in [3.8, 4) is 0 Å². The summed E-state index contributed by atoms with van der Waals surface area (Å²) in [6.07, 6.45) is 5.66. The van der Waals surface area contributed by atoms with E-state index in [-0.39, 0.29) is 12.6 Å². The van der Waals surface area contributed by atoms with Crippen LogP contribution < -0.4 is 10.6 Å². The van der Waals surface area contributed by atoms with Crippen LogP contribution in [0.2, 0.25) is 0 Å². The van der Waals surface area contributed by atoms with E-state index in [4.69, 9.17) is 5.11 Å². The monoisotopic (exact) mass is 272 g/mol. The molecule has 1 aliphatic carbocycles. The van der Waals surface area contributed by atoms with Gasteiger partial charge in [-0.1, -0.05) is 25.7 Å². The predicted molar refractivity (Wildman–Crippen MR) is 70.9 cm³/mol. The fourth-order valence-electron chi connectivity index (χ4n) is 2.41. The Kier molecular flexibility index (Phi) is 6.08. The Labute approximate surface area is 113 Å². The highest BCUT2D eigenvalue weighted by Gasteiger charge is 2.24. The normalized spacial score (nSPS) is 18.8. The van der Waals surface area contributed by atoms with Gasteiger partial charge in [0.25, 0.3) is 0 Å². The summed E-state index contributed by atoms with van der Waals surface area (Å²) in [4.78, 5) is 22.0. The number of carbonyl (C=O) groups is 2. The first-order valence-electron chi connectivity index (χ1n) is 6.85. The molecule has 2 amide bonds. The van der Waals surface area contributed by atoms with Crippen LogP contribution in [0.1, 0.15) is 45.4 Å². The maximum absolute atomic E-state index is 11.5. The minimum atomic E-state index is -1.42. The van der Waals surface area contributed by atoms with Gasteiger partial charge in [0.15, 0.2) is 0 Å². The van der Waals surface area contributed by atoms with Crippen molar-refractivity contribution in [2.45, 2.75) is 51.0 Å². The quantitative estimate of drug-likeness (QED) is 0.557. The number of aliphatic carboxylic acids is 1. The summed E-state index contributed by atoms with van der Waals surface area (Å²) < 4.78 is 0. The Morgan fingerprint density at radius 3 is 2.47 bits per heavy atom. The van der Waals surface area contributed by atoms with Crippen LogP contribution in [0, 0.1) is 5.92 Å². The number of aliphatic hydroxyl groups is 1. The van der Waals surface area contributed by atoms with Crippen molar-refractivity contribution in [3.05, 3.63) is 0 Å². The lowest BCUT2D eigenvalue weighted by molar-refractivity contribution is -0.141. The molecule has 0 aromatic rings. The molecular weight excluding hydrogens is 248 g/mol. The SMILES string of the molecule is CC(O)(CNC(=O)NCCC1CCCC1)CC(=O)O. The fraction of sp³-hybridized carbons (Fsp3) is 0.846. The number of carboxylic acid groups (broad SMARTS) is 1. The van der Waals surface area contributed by atoms with Gasteiger partial charge in [0.2, 0.25) is 0 Å². The summed E-state index contributed by atoms with van der Waals surface area (Å²) in [5.41, 5.74) is -1.42. The van der Waals surface area contributed by atoms with E-state index in [0.717, 1.165) is 12.3 Å². The van der Waals surface area contributed by atoms with Crippen molar-refractivity contribution in [1.29, 1.82) is 0 Å². The molecule has 0 radical (unpaired) electrons. The Balaban J connectivity index is 2.11. The van der Waals surface area contributed by atoms with E-state index in [2.05, 4.69) is 10.6 Å². The molecule has 6 nitrogen and oxygen atoms in total. The third-order valence-electron chi connectivity index (χ3n) is 3.47. The second-order valence-electron chi connectivity index (χ2n) is 5.62.